The molecule has 0 fully saturated rings. The van der Waals surface area contributed by atoms with Crippen molar-refractivity contribution in [2.45, 2.75) is 19.4 Å². The van der Waals surface area contributed by atoms with Crippen molar-refractivity contribution in [3.05, 3.63) is 95.5 Å². The first kappa shape index (κ1) is 23.3. The van der Waals surface area contributed by atoms with E-state index in [0.29, 0.717) is 35.5 Å². The van der Waals surface area contributed by atoms with Gasteiger partial charge in [-0.15, -0.1) is 0 Å². The number of aliphatic carboxylic acids is 1. The lowest BCUT2D eigenvalue weighted by molar-refractivity contribution is -0.137. The zero-order chi connectivity index (χ0) is 23.8. The van der Waals surface area contributed by atoms with Crippen LogP contribution in [-0.2, 0) is 11.4 Å². The molecule has 0 atom stereocenters. The van der Waals surface area contributed by atoms with Crippen LogP contribution in [0.5, 0.6) is 11.6 Å². The Kier molecular flexibility index (Phi) is 7.73. The summed E-state index contributed by atoms with van der Waals surface area (Å²) in [7, 11) is 0. The van der Waals surface area contributed by atoms with Crippen LogP contribution in [0, 0.1) is 0 Å². The van der Waals surface area contributed by atoms with Crippen molar-refractivity contribution in [2.24, 2.45) is 0 Å². The molecule has 0 unspecified atom stereocenters. The summed E-state index contributed by atoms with van der Waals surface area (Å²) in [6.07, 6.45) is 0.528. The van der Waals surface area contributed by atoms with Gasteiger partial charge < -0.3 is 14.6 Å². The van der Waals surface area contributed by atoms with Gasteiger partial charge in [-0.1, -0.05) is 60.1 Å². The topological polar surface area (TPSA) is 81.5 Å². The number of aromatic nitrogens is 2. The first-order valence-corrected chi connectivity index (χ1v) is 11.2. The summed E-state index contributed by atoms with van der Waals surface area (Å²) in [5.74, 6) is 0.788. The van der Waals surface area contributed by atoms with Gasteiger partial charge in [0.05, 0.1) is 12.3 Å². The molecule has 0 aliphatic carbocycles. The number of hydrogen-bond acceptors (Lipinski definition) is 5. The number of hydrogen-bond donors (Lipinski definition) is 1. The van der Waals surface area contributed by atoms with Gasteiger partial charge >= 0.3 is 5.97 Å². The predicted molar refractivity (Wildman–Crippen MR) is 131 cm³/mol. The minimum absolute atomic E-state index is 0.0785. The highest BCUT2D eigenvalue weighted by Gasteiger charge is 2.11. The summed E-state index contributed by atoms with van der Waals surface area (Å²) in [4.78, 5) is 20.0. The molecule has 0 saturated carbocycles. The highest BCUT2D eigenvalue weighted by Crippen LogP contribution is 2.27. The minimum Gasteiger partial charge on any atom is -0.494 e. The molecule has 1 aromatic heterocycles. The monoisotopic (exact) mass is 474 g/mol. The molecule has 4 rings (SSSR count). The van der Waals surface area contributed by atoms with E-state index in [1.807, 2.05) is 84.9 Å². The Morgan fingerprint density at radius 2 is 1.59 bits per heavy atom. The molecular weight excluding hydrogens is 452 g/mol. The molecule has 0 radical (unpaired) electrons. The zero-order valence-electron chi connectivity index (χ0n) is 18.4. The highest BCUT2D eigenvalue weighted by atomic mass is 35.5. The second-order valence-corrected chi connectivity index (χ2v) is 7.94. The maximum absolute atomic E-state index is 10.6. The predicted octanol–water partition coefficient (Wildman–Crippen LogP) is 6.29. The molecular formula is C27H23ClN2O4. The van der Waals surface area contributed by atoms with Crippen molar-refractivity contribution in [3.8, 4) is 34.3 Å². The fourth-order valence-corrected chi connectivity index (χ4v) is 3.46. The molecule has 0 amide bonds. The van der Waals surface area contributed by atoms with Crippen LogP contribution in [0.2, 0.25) is 5.02 Å². The third-order valence-electron chi connectivity index (χ3n) is 5.02. The van der Waals surface area contributed by atoms with Crippen molar-refractivity contribution < 1.29 is 19.4 Å². The Labute approximate surface area is 202 Å². The second kappa shape index (κ2) is 11.3. The molecule has 6 nitrogen and oxygen atoms in total. The van der Waals surface area contributed by atoms with E-state index >= 15 is 0 Å². The van der Waals surface area contributed by atoms with E-state index in [0.717, 1.165) is 22.4 Å². The van der Waals surface area contributed by atoms with Crippen LogP contribution in [0.25, 0.3) is 22.6 Å². The van der Waals surface area contributed by atoms with Gasteiger partial charge in [0.25, 0.3) is 0 Å². The molecule has 0 saturated heterocycles. The third-order valence-corrected chi connectivity index (χ3v) is 5.39. The Morgan fingerprint density at radius 1 is 0.853 bits per heavy atom. The molecule has 1 N–H and O–H groups in total. The lowest BCUT2D eigenvalue weighted by Crippen LogP contribution is -2.02. The maximum Gasteiger partial charge on any atom is 0.303 e. The number of carboxylic acids is 1. The van der Waals surface area contributed by atoms with Gasteiger partial charge in [-0.25, -0.2) is 4.98 Å². The first-order valence-electron chi connectivity index (χ1n) is 10.8. The van der Waals surface area contributed by atoms with Gasteiger partial charge in [0.15, 0.2) is 5.82 Å². The van der Waals surface area contributed by atoms with Gasteiger partial charge in [0.1, 0.15) is 12.4 Å². The van der Waals surface area contributed by atoms with Crippen LogP contribution in [-0.4, -0.2) is 27.7 Å². The van der Waals surface area contributed by atoms with Gasteiger partial charge in [0.2, 0.25) is 5.88 Å². The van der Waals surface area contributed by atoms with E-state index in [1.54, 1.807) is 0 Å². The number of halogens is 1. The van der Waals surface area contributed by atoms with Crippen molar-refractivity contribution in [1.29, 1.82) is 0 Å². The van der Waals surface area contributed by atoms with E-state index in [9.17, 15) is 4.79 Å². The molecule has 0 aliphatic heterocycles. The molecule has 0 spiro atoms. The number of rotatable bonds is 10. The Balaban J connectivity index is 1.56. The van der Waals surface area contributed by atoms with Crippen LogP contribution in [0.3, 0.4) is 0 Å². The van der Waals surface area contributed by atoms with E-state index < -0.39 is 5.97 Å². The average molecular weight is 475 g/mol. The molecule has 0 bridgehead atoms. The fourth-order valence-electron chi connectivity index (χ4n) is 3.27. The minimum atomic E-state index is -0.832. The number of nitrogens with zero attached hydrogens (tertiary/aromatic N) is 2. The van der Waals surface area contributed by atoms with Crippen molar-refractivity contribution in [1.82, 2.24) is 9.97 Å². The number of carboxylic acid groups (broad SMARTS) is 1. The second-order valence-electron chi connectivity index (χ2n) is 7.53. The quantitative estimate of drug-likeness (QED) is 0.272. The number of ether oxygens (including phenoxy) is 2. The first-order chi connectivity index (χ1) is 16.6. The van der Waals surface area contributed by atoms with Crippen LogP contribution >= 0.6 is 11.6 Å². The summed E-state index contributed by atoms with van der Waals surface area (Å²) >= 11 is 6.27. The van der Waals surface area contributed by atoms with E-state index in [1.165, 1.54) is 0 Å². The van der Waals surface area contributed by atoms with E-state index in [2.05, 4.69) is 4.98 Å². The Bertz CT molecular complexity index is 1250. The van der Waals surface area contributed by atoms with Gasteiger partial charge in [-0.3, -0.25) is 4.79 Å². The van der Waals surface area contributed by atoms with Crippen molar-refractivity contribution in [2.75, 3.05) is 6.61 Å². The fraction of sp³-hybridized carbons (Fsp3) is 0.148. The zero-order valence-corrected chi connectivity index (χ0v) is 19.1. The number of benzene rings is 3. The maximum atomic E-state index is 10.6. The third kappa shape index (κ3) is 6.33. The smallest absolute Gasteiger partial charge is 0.303 e. The summed E-state index contributed by atoms with van der Waals surface area (Å²) in [6, 6.07) is 26.6. The van der Waals surface area contributed by atoms with Crippen LogP contribution < -0.4 is 9.47 Å². The molecule has 1 heterocycles. The van der Waals surface area contributed by atoms with Crippen molar-refractivity contribution in [3.63, 3.8) is 0 Å². The van der Waals surface area contributed by atoms with E-state index in [-0.39, 0.29) is 13.0 Å². The molecule has 3 aromatic carbocycles. The summed E-state index contributed by atoms with van der Waals surface area (Å²) in [6.45, 7) is 0.624. The molecule has 7 heteroatoms. The summed E-state index contributed by atoms with van der Waals surface area (Å²) < 4.78 is 11.6. The van der Waals surface area contributed by atoms with Crippen molar-refractivity contribution >= 4 is 17.6 Å². The average Bonchev–Trinajstić information content (AvgIpc) is 2.87. The van der Waals surface area contributed by atoms with Crippen LogP contribution in [0.4, 0.5) is 0 Å². The van der Waals surface area contributed by atoms with Crippen LogP contribution in [0.1, 0.15) is 18.4 Å². The lowest BCUT2D eigenvalue weighted by Gasteiger charge is -2.11. The Hall–Kier alpha value is -3.90. The molecule has 0 aliphatic rings. The van der Waals surface area contributed by atoms with Gasteiger partial charge in [-0.05, 0) is 36.8 Å². The summed E-state index contributed by atoms with van der Waals surface area (Å²) in [5.41, 5.74) is 3.37. The number of carbonyl (C=O) groups is 1. The van der Waals surface area contributed by atoms with Gasteiger partial charge in [0, 0.05) is 34.2 Å². The molecule has 172 valence electrons. The largest absolute Gasteiger partial charge is 0.494 e. The van der Waals surface area contributed by atoms with Crippen LogP contribution in [0.15, 0.2) is 84.9 Å². The standard InChI is InChI=1S/C27H23ClN2O4/c28-23-10-5-4-9-21(23)18-34-25-17-24(19-7-2-1-3-8-19)29-27(30-25)20-12-14-22(15-13-20)33-16-6-11-26(31)32/h1-5,7-10,12-15,17H,6,11,16,18H2,(H,31,32). The van der Waals surface area contributed by atoms with Gasteiger partial charge in [-0.2, -0.15) is 4.98 Å². The highest BCUT2D eigenvalue weighted by molar-refractivity contribution is 6.31. The normalized spacial score (nSPS) is 10.6. The Morgan fingerprint density at radius 3 is 2.32 bits per heavy atom. The molecule has 4 aromatic rings. The summed E-state index contributed by atoms with van der Waals surface area (Å²) in [5, 5.41) is 9.37. The van der Waals surface area contributed by atoms with E-state index in [4.69, 9.17) is 31.2 Å². The SMILES string of the molecule is O=C(O)CCCOc1ccc(-c2nc(OCc3ccccc3Cl)cc(-c3ccccc3)n2)cc1. The lowest BCUT2D eigenvalue weighted by atomic mass is 10.1. The molecule has 34 heavy (non-hydrogen) atoms.